The number of rotatable bonds is 6. The molecule has 1 aromatic carbocycles. The molecule has 2 aromatic rings. The first kappa shape index (κ1) is 23.4. The van der Waals surface area contributed by atoms with Gasteiger partial charge in [-0.05, 0) is 18.1 Å². The number of carbonyl (C=O) groups excluding carboxylic acids is 2. The highest BCUT2D eigenvalue weighted by Crippen LogP contribution is 2.26. The van der Waals surface area contributed by atoms with Crippen LogP contribution in [0.2, 0.25) is 0 Å². The normalized spacial score (nSPS) is 16.4. The van der Waals surface area contributed by atoms with E-state index < -0.39 is 6.04 Å². The summed E-state index contributed by atoms with van der Waals surface area (Å²) in [7, 11) is 0. The molecule has 1 atom stereocenters. The zero-order chi connectivity index (χ0) is 22.6. The number of hydrogen-bond donors (Lipinski definition) is 1. The molecule has 3 rings (SSSR count). The molecule has 1 unspecified atom stereocenters. The zero-order valence-corrected chi connectivity index (χ0v) is 20.0. The van der Waals surface area contributed by atoms with E-state index in [1.54, 1.807) is 23.5 Å². The minimum Gasteiger partial charge on any atom is -0.340 e. The van der Waals surface area contributed by atoms with Crippen molar-refractivity contribution in [2.24, 2.45) is 5.92 Å². The molecule has 7 heteroatoms. The van der Waals surface area contributed by atoms with Gasteiger partial charge < -0.3 is 10.2 Å². The highest BCUT2D eigenvalue weighted by molar-refractivity contribution is 7.09. The second kappa shape index (κ2) is 9.92. The van der Waals surface area contributed by atoms with Crippen LogP contribution in [0.15, 0.2) is 35.7 Å². The Balaban J connectivity index is 1.55. The first-order valence-corrected chi connectivity index (χ1v) is 11.8. The van der Waals surface area contributed by atoms with Crippen molar-refractivity contribution in [1.82, 2.24) is 20.1 Å². The molecule has 1 N–H and O–H groups in total. The molecule has 0 bridgehead atoms. The Hall–Kier alpha value is -2.25. The number of piperazine rings is 1. The maximum Gasteiger partial charge on any atom is 0.251 e. The number of carbonyl (C=O) groups is 2. The molecule has 2 amide bonds. The van der Waals surface area contributed by atoms with Crippen molar-refractivity contribution >= 4 is 23.2 Å². The standard InChI is InChI=1S/C24H34N4O2S/c1-17(2)20(26-21(29)18-9-7-6-8-10-18)22(30)28-13-11-27(12-14-28)15-19-16-31-23(25-19)24(3,4)5/h6-10,16-17,20H,11-15H2,1-5H3,(H,26,29). The van der Waals surface area contributed by atoms with Crippen LogP contribution in [0.3, 0.4) is 0 Å². The maximum absolute atomic E-state index is 13.2. The molecule has 31 heavy (non-hydrogen) atoms. The van der Waals surface area contributed by atoms with Crippen LogP contribution in [0.4, 0.5) is 0 Å². The molecule has 0 radical (unpaired) electrons. The summed E-state index contributed by atoms with van der Waals surface area (Å²) in [5, 5.41) is 6.25. The number of nitrogens with zero attached hydrogens (tertiary/aromatic N) is 3. The van der Waals surface area contributed by atoms with E-state index in [9.17, 15) is 9.59 Å². The second-order valence-electron chi connectivity index (χ2n) is 9.56. The van der Waals surface area contributed by atoms with Crippen LogP contribution >= 0.6 is 11.3 Å². The number of nitrogens with one attached hydrogen (secondary N) is 1. The predicted molar refractivity (Wildman–Crippen MR) is 125 cm³/mol. The summed E-state index contributed by atoms with van der Waals surface area (Å²) in [5.74, 6) is -0.184. The Morgan fingerprint density at radius 1 is 1.10 bits per heavy atom. The summed E-state index contributed by atoms with van der Waals surface area (Å²) in [4.78, 5) is 34.8. The van der Waals surface area contributed by atoms with Crippen molar-refractivity contribution in [2.75, 3.05) is 26.2 Å². The van der Waals surface area contributed by atoms with Crippen molar-refractivity contribution in [1.29, 1.82) is 0 Å². The van der Waals surface area contributed by atoms with Gasteiger partial charge in [0, 0.05) is 49.1 Å². The third-order valence-electron chi connectivity index (χ3n) is 5.52. The van der Waals surface area contributed by atoms with Crippen LogP contribution in [0, 0.1) is 5.92 Å². The summed E-state index contributed by atoms with van der Waals surface area (Å²) in [5.41, 5.74) is 1.75. The van der Waals surface area contributed by atoms with Gasteiger partial charge in [0.2, 0.25) is 5.91 Å². The van der Waals surface area contributed by atoms with Crippen LogP contribution in [0.1, 0.15) is 55.7 Å². The largest absolute Gasteiger partial charge is 0.340 e. The summed E-state index contributed by atoms with van der Waals surface area (Å²) in [6.07, 6.45) is 0. The molecule has 1 aliphatic rings. The van der Waals surface area contributed by atoms with E-state index in [-0.39, 0.29) is 23.1 Å². The molecular weight excluding hydrogens is 408 g/mol. The first-order valence-electron chi connectivity index (χ1n) is 11.0. The fourth-order valence-corrected chi connectivity index (χ4v) is 4.50. The second-order valence-corrected chi connectivity index (χ2v) is 10.4. The van der Waals surface area contributed by atoms with Crippen LogP contribution in [0.25, 0.3) is 0 Å². The van der Waals surface area contributed by atoms with Crippen molar-refractivity contribution in [3.05, 3.63) is 52.0 Å². The van der Waals surface area contributed by atoms with Crippen LogP contribution in [-0.2, 0) is 16.8 Å². The molecule has 1 saturated heterocycles. The lowest BCUT2D eigenvalue weighted by molar-refractivity contribution is -0.136. The van der Waals surface area contributed by atoms with E-state index in [1.807, 2.05) is 36.9 Å². The fraction of sp³-hybridized carbons (Fsp3) is 0.542. The first-order chi connectivity index (χ1) is 14.6. The van der Waals surface area contributed by atoms with Gasteiger partial charge in [-0.2, -0.15) is 0 Å². The third-order valence-corrected chi connectivity index (χ3v) is 6.84. The number of hydrogen-bond acceptors (Lipinski definition) is 5. The van der Waals surface area contributed by atoms with Gasteiger partial charge in [0.1, 0.15) is 6.04 Å². The molecule has 0 saturated carbocycles. The van der Waals surface area contributed by atoms with Crippen molar-refractivity contribution < 1.29 is 9.59 Å². The lowest BCUT2D eigenvalue weighted by Gasteiger charge is -2.37. The molecule has 0 aliphatic carbocycles. The van der Waals surface area contributed by atoms with Gasteiger partial charge in [-0.1, -0.05) is 52.8 Å². The monoisotopic (exact) mass is 442 g/mol. The Morgan fingerprint density at radius 3 is 2.29 bits per heavy atom. The number of aromatic nitrogens is 1. The summed E-state index contributed by atoms with van der Waals surface area (Å²) in [6, 6.07) is 8.53. The maximum atomic E-state index is 13.2. The average Bonchev–Trinajstić information content (AvgIpc) is 3.21. The van der Waals surface area contributed by atoms with Gasteiger partial charge >= 0.3 is 0 Å². The summed E-state index contributed by atoms with van der Waals surface area (Å²) in [6.45, 7) is 14.3. The molecule has 6 nitrogen and oxygen atoms in total. The zero-order valence-electron chi connectivity index (χ0n) is 19.2. The summed E-state index contributed by atoms with van der Waals surface area (Å²) < 4.78 is 0. The van der Waals surface area contributed by atoms with Crippen LogP contribution in [0.5, 0.6) is 0 Å². The van der Waals surface area contributed by atoms with Gasteiger partial charge in [-0.25, -0.2) is 4.98 Å². The van der Waals surface area contributed by atoms with Gasteiger partial charge in [0.05, 0.1) is 10.7 Å². The lowest BCUT2D eigenvalue weighted by Crippen LogP contribution is -2.56. The van der Waals surface area contributed by atoms with E-state index in [1.165, 1.54) is 0 Å². The number of amides is 2. The van der Waals surface area contributed by atoms with Gasteiger partial charge in [-0.15, -0.1) is 11.3 Å². The lowest BCUT2D eigenvalue weighted by atomic mass is 9.98. The van der Waals surface area contributed by atoms with Crippen molar-refractivity contribution in [3.63, 3.8) is 0 Å². The quantitative estimate of drug-likeness (QED) is 0.743. The van der Waals surface area contributed by atoms with E-state index in [4.69, 9.17) is 4.98 Å². The van der Waals surface area contributed by atoms with Crippen molar-refractivity contribution in [2.45, 2.75) is 52.6 Å². The Bertz CT molecular complexity index is 880. The topological polar surface area (TPSA) is 65.5 Å². The molecule has 1 aliphatic heterocycles. The van der Waals surface area contributed by atoms with Crippen LogP contribution in [-0.4, -0.2) is 58.8 Å². The minimum absolute atomic E-state index is 0.00242. The van der Waals surface area contributed by atoms with Gasteiger partial charge in [0.15, 0.2) is 0 Å². The van der Waals surface area contributed by atoms with E-state index in [2.05, 4.69) is 36.4 Å². The molecule has 2 heterocycles. The van der Waals surface area contributed by atoms with E-state index in [0.717, 1.165) is 30.3 Å². The van der Waals surface area contributed by atoms with E-state index in [0.29, 0.717) is 18.7 Å². The fourth-order valence-electron chi connectivity index (χ4n) is 3.60. The highest BCUT2D eigenvalue weighted by Gasteiger charge is 2.31. The molecule has 168 valence electrons. The highest BCUT2D eigenvalue weighted by atomic mass is 32.1. The Kier molecular flexibility index (Phi) is 7.49. The molecule has 0 spiro atoms. The SMILES string of the molecule is CC(C)C(NC(=O)c1ccccc1)C(=O)N1CCN(Cc2csc(C(C)(C)C)n2)CC1. The van der Waals surface area contributed by atoms with E-state index >= 15 is 0 Å². The molecular formula is C24H34N4O2S. The minimum atomic E-state index is -0.521. The van der Waals surface area contributed by atoms with Gasteiger partial charge in [-0.3, -0.25) is 14.5 Å². The Morgan fingerprint density at radius 2 is 1.74 bits per heavy atom. The number of thiazole rings is 1. The predicted octanol–water partition coefficient (Wildman–Crippen LogP) is 3.54. The Labute approximate surface area is 189 Å². The third kappa shape index (κ3) is 6.14. The molecule has 1 aromatic heterocycles. The van der Waals surface area contributed by atoms with Crippen molar-refractivity contribution in [3.8, 4) is 0 Å². The van der Waals surface area contributed by atoms with Gasteiger partial charge in [0.25, 0.3) is 5.91 Å². The summed E-state index contributed by atoms with van der Waals surface area (Å²) >= 11 is 1.72. The number of benzene rings is 1. The van der Waals surface area contributed by atoms with Crippen LogP contribution < -0.4 is 5.32 Å². The average molecular weight is 443 g/mol. The smallest absolute Gasteiger partial charge is 0.251 e. The molecule has 1 fully saturated rings.